The fourth-order valence-electron chi connectivity index (χ4n) is 2.15. The molecule has 0 spiro atoms. The Bertz CT molecular complexity index is 456. The van der Waals surface area contributed by atoms with E-state index in [-0.39, 0.29) is 24.3 Å². The van der Waals surface area contributed by atoms with Crippen LogP contribution in [0.4, 0.5) is 0 Å². The van der Waals surface area contributed by atoms with E-state index in [0.717, 1.165) is 5.56 Å². The minimum absolute atomic E-state index is 0.0536. The zero-order chi connectivity index (χ0) is 12.4. The first kappa shape index (κ1) is 11.8. The van der Waals surface area contributed by atoms with Gasteiger partial charge in [-0.3, -0.25) is 20.2 Å². The van der Waals surface area contributed by atoms with Crippen molar-refractivity contribution in [2.45, 2.75) is 32.4 Å². The Morgan fingerprint density at radius 3 is 2.65 bits per heavy atom. The van der Waals surface area contributed by atoms with Crippen molar-refractivity contribution in [2.24, 2.45) is 0 Å². The summed E-state index contributed by atoms with van der Waals surface area (Å²) < 4.78 is 0. The zero-order valence-corrected chi connectivity index (χ0v) is 9.99. The summed E-state index contributed by atoms with van der Waals surface area (Å²) in [6.07, 6.45) is 0.231. The summed E-state index contributed by atoms with van der Waals surface area (Å²) in [5.74, 6) is -0.431. The maximum Gasteiger partial charge on any atom is 0.244 e. The number of amides is 2. The third-order valence-electron chi connectivity index (χ3n) is 3.07. The molecule has 2 rings (SSSR count). The third-order valence-corrected chi connectivity index (χ3v) is 3.07. The summed E-state index contributed by atoms with van der Waals surface area (Å²) in [4.78, 5) is 22.5. The van der Waals surface area contributed by atoms with E-state index in [1.54, 1.807) is 0 Å². The fraction of sp³-hybridized carbons (Fsp3) is 0.385. The van der Waals surface area contributed by atoms with Crippen LogP contribution in [0.3, 0.4) is 0 Å². The third kappa shape index (κ3) is 2.53. The number of benzene rings is 1. The Balaban J connectivity index is 2.07. The van der Waals surface area contributed by atoms with Crippen molar-refractivity contribution < 1.29 is 9.59 Å². The van der Waals surface area contributed by atoms with Gasteiger partial charge in [0, 0.05) is 6.04 Å². The van der Waals surface area contributed by atoms with Gasteiger partial charge in [-0.25, -0.2) is 0 Å². The lowest BCUT2D eigenvalue weighted by Gasteiger charge is -2.19. The Labute approximate surface area is 100 Å². The second kappa shape index (κ2) is 4.67. The standard InChI is InChI=1S/C13H16N2O2/c1-8-5-3-4-6-10(8)9(2)14-11-7-12(16)15-13(11)17/h3-6,9,11,14H,7H2,1-2H3,(H,15,16,17)/t9-,11?/m0/s1. The highest BCUT2D eigenvalue weighted by Gasteiger charge is 2.31. The van der Waals surface area contributed by atoms with Gasteiger partial charge in [0.1, 0.15) is 0 Å². The van der Waals surface area contributed by atoms with Crippen LogP contribution >= 0.6 is 0 Å². The predicted octanol–water partition coefficient (Wildman–Crippen LogP) is 1.06. The lowest BCUT2D eigenvalue weighted by atomic mass is 10.0. The summed E-state index contributed by atoms with van der Waals surface area (Å²) >= 11 is 0. The molecule has 1 fully saturated rings. The van der Waals surface area contributed by atoms with Crippen molar-refractivity contribution in [1.29, 1.82) is 0 Å². The molecule has 4 nitrogen and oxygen atoms in total. The van der Waals surface area contributed by atoms with Gasteiger partial charge in [-0.05, 0) is 25.0 Å². The normalized spacial score (nSPS) is 21.4. The molecular formula is C13H16N2O2. The van der Waals surface area contributed by atoms with Crippen LogP contribution in [0.25, 0.3) is 0 Å². The molecule has 0 saturated carbocycles. The van der Waals surface area contributed by atoms with Crippen LogP contribution < -0.4 is 10.6 Å². The van der Waals surface area contributed by atoms with Gasteiger partial charge in [0.25, 0.3) is 0 Å². The number of nitrogens with one attached hydrogen (secondary N) is 2. The molecule has 4 heteroatoms. The van der Waals surface area contributed by atoms with Crippen LogP contribution in [0.1, 0.15) is 30.5 Å². The van der Waals surface area contributed by atoms with E-state index < -0.39 is 6.04 Å². The van der Waals surface area contributed by atoms with Gasteiger partial charge < -0.3 is 0 Å². The summed E-state index contributed by atoms with van der Waals surface area (Å²) in [6, 6.07) is 7.67. The molecule has 1 aliphatic rings. The van der Waals surface area contributed by atoms with E-state index in [4.69, 9.17) is 0 Å². The van der Waals surface area contributed by atoms with Crippen molar-refractivity contribution in [1.82, 2.24) is 10.6 Å². The summed E-state index contributed by atoms with van der Waals surface area (Å²) in [7, 11) is 0. The lowest BCUT2D eigenvalue weighted by Crippen LogP contribution is -2.37. The Morgan fingerprint density at radius 2 is 2.06 bits per heavy atom. The SMILES string of the molecule is Cc1ccccc1[C@H](C)NC1CC(=O)NC1=O. The highest BCUT2D eigenvalue weighted by molar-refractivity contribution is 6.05. The van der Waals surface area contributed by atoms with Crippen molar-refractivity contribution in [3.63, 3.8) is 0 Å². The van der Waals surface area contributed by atoms with Gasteiger partial charge >= 0.3 is 0 Å². The number of hydrogen-bond acceptors (Lipinski definition) is 3. The summed E-state index contributed by atoms with van der Waals surface area (Å²) in [6.45, 7) is 4.03. The molecular weight excluding hydrogens is 216 g/mol. The van der Waals surface area contributed by atoms with Gasteiger partial charge in [0.15, 0.2) is 0 Å². The van der Waals surface area contributed by atoms with Crippen LogP contribution in [0.5, 0.6) is 0 Å². The first-order valence-electron chi connectivity index (χ1n) is 5.73. The van der Waals surface area contributed by atoms with Crippen LogP contribution in [-0.2, 0) is 9.59 Å². The highest BCUT2D eigenvalue weighted by atomic mass is 16.2. The quantitative estimate of drug-likeness (QED) is 0.766. The van der Waals surface area contributed by atoms with Crippen LogP contribution in [0, 0.1) is 6.92 Å². The molecule has 0 aliphatic carbocycles. The topological polar surface area (TPSA) is 58.2 Å². The smallest absolute Gasteiger partial charge is 0.244 e. The van der Waals surface area contributed by atoms with Gasteiger partial charge in [0.05, 0.1) is 12.5 Å². The maximum absolute atomic E-state index is 11.4. The first-order chi connectivity index (χ1) is 8.08. The molecule has 2 N–H and O–H groups in total. The molecule has 1 aromatic rings. The summed E-state index contributed by atoms with van der Waals surface area (Å²) in [5.41, 5.74) is 2.33. The van der Waals surface area contributed by atoms with E-state index in [9.17, 15) is 9.59 Å². The fourth-order valence-corrected chi connectivity index (χ4v) is 2.15. The molecule has 2 amide bonds. The monoisotopic (exact) mass is 232 g/mol. The second-order valence-corrected chi connectivity index (χ2v) is 4.41. The predicted molar refractivity (Wildman–Crippen MR) is 64.3 cm³/mol. The van der Waals surface area contributed by atoms with Gasteiger partial charge in [0.2, 0.25) is 11.8 Å². The molecule has 1 saturated heterocycles. The zero-order valence-electron chi connectivity index (χ0n) is 9.99. The molecule has 0 bridgehead atoms. The van der Waals surface area contributed by atoms with E-state index in [0.29, 0.717) is 0 Å². The van der Waals surface area contributed by atoms with Gasteiger partial charge in [-0.15, -0.1) is 0 Å². The molecule has 1 aromatic carbocycles. The van der Waals surface area contributed by atoms with Gasteiger partial charge in [-0.2, -0.15) is 0 Å². The van der Waals surface area contributed by atoms with Crippen molar-refractivity contribution in [2.75, 3.05) is 0 Å². The molecule has 0 radical (unpaired) electrons. The molecule has 1 aliphatic heterocycles. The Hall–Kier alpha value is -1.68. The van der Waals surface area contributed by atoms with E-state index >= 15 is 0 Å². The number of aryl methyl sites for hydroxylation is 1. The molecule has 2 atom stereocenters. The average Bonchev–Trinajstić information content (AvgIpc) is 2.58. The second-order valence-electron chi connectivity index (χ2n) is 4.41. The molecule has 90 valence electrons. The largest absolute Gasteiger partial charge is 0.299 e. The highest BCUT2D eigenvalue weighted by Crippen LogP contribution is 2.18. The number of rotatable bonds is 3. The number of carbonyl (C=O) groups excluding carboxylic acids is 2. The molecule has 1 unspecified atom stereocenters. The summed E-state index contributed by atoms with van der Waals surface area (Å²) in [5, 5.41) is 5.48. The average molecular weight is 232 g/mol. The molecule has 1 heterocycles. The van der Waals surface area contributed by atoms with E-state index in [1.165, 1.54) is 5.56 Å². The first-order valence-corrected chi connectivity index (χ1v) is 5.73. The van der Waals surface area contributed by atoms with Crippen LogP contribution in [-0.4, -0.2) is 17.9 Å². The van der Waals surface area contributed by atoms with E-state index in [2.05, 4.69) is 10.6 Å². The number of carbonyl (C=O) groups is 2. The van der Waals surface area contributed by atoms with Gasteiger partial charge in [-0.1, -0.05) is 24.3 Å². The minimum atomic E-state index is -0.405. The number of imide groups is 1. The number of hydrogen-bond donors (Lipinski definition) is 2. The van der Waals surface area contributed by atoms with Crippen molar-refractivity contribution in [3.05, 3.63) is 35.4 Å². The molecule has 17 heavy (non-hydrogen) atoms. The van der Waals surface area contributed by atoms with Crippen molar-refractivity contribution >= 4 is 11.8 Å². The van der Waals surface area contributed by atoms with E-state index in [1.807, 2.05) is 38.1 Å². The van der Waals surface area contributed by atoms with Crippen LogP contribution in [0.2, 0.25) is 0 Å². The Morgan fingerprint density at radius 1 is 1.35 bits per heavy atom. The molecule has 0 aromatic heterocycles. The lowest BCUT2D eigenvalue weighted by molar-refractivity contribution is -0.125. The maximum atomic E-state index is 11.4. The van der Waals surface area contributed by atoms with Crippen molar-refractivity contribution in [3.8, 4) is 0 Å². The minimum Gasteiger partial charge on any atom is -0.299 e. The van der Waals surface area contributed by atoms with Crippen LogP contribution in [0.15, 0.2) is 24.3 Å². The Kier molecular flexibility index (Phi) is 3.24.